The number of carboxylic acid groups (broad SMARTS) is 4. The number of carbonyl (C=O) groups is 4. The minimum Gasteiger partial charge on any atom is -0.491 e. The molecule has 0 radical (unpaired) electrons. The predicted octanol–water partition coefficient (Wildman–Crippen LogP) is 4.83. The molecular weight excluding hydrogens is 945 g/mol. The average molecular weight is 1010 g/mol. The monoisotopic (exact) mass is 1000 g/mol. The number of fused-ring (bicyclic) bond motifs is 3. The van der Waals surface area contributed by atoms with Crippen LogP contribution in [0.3, 0.4) is 0 Å². The van der Waals surface area contributed by atoms with Crippen molar-refractivity contribution in [3.8, 4) is 23.0 Å². The Labute approximate surface area is 415 Å². The van der Waals surface area contributed by atoms with Gasteiger partial charge in [-0.25, -0.2) is 19.2 Å². The summed E-state index contributed by atoms with van der Waals surface area (Å²) in [7, 11) is 0. The van der Waals surface area contributed by atoms with E-state index in [-0.39, 0.29) is 208 Å². The fourth-order valence-corrected chi connectivity index (χ4v) is 8.58. The largest absolute Gasteiger partial charge is 0.491 e. The van der Waals surface area contributed by atoms with Crippen LogP contribution in [-0.4, -0.2) is 176 Å². The van der Waals surface area contributed by atoms with Gasteiger partial charge < -0.3 is 77.3 Å². The molecule has 388 valence electrons. The van der Waals surface area contributed by atoms with Crippen LogP contribution in [0.15, 0.2) is 48.5 Å². The Morgan fingerprint density at radius 1 is 0.278 bits per heavy atom. The van der Waals surface area contributed by atoms with E-state index < -0.39 is 23.9 Å². The highest BCUT2D eigenvalue weighted by atomic mass is 16.6. The van der Waals surface area contributed by atoms with Crippen LogP contribution >= 0.6 is 0 Å². The van der Waals surface area contributed by atoms with Crippen molar-refractivity contribution in [2.24, 2.45) is 0 Å². The van der Waals surface area contributed by atoms with Gasteiger partial charge in [0.05, 0.1) is 128 Å². The molecule has 0 fully saturated rings. The number of hydrogen-bond acceptors (Lipinski definition) is 16. The van der Waals surface area contributed by atoms with Crippen LogP contribution in [0.2, 0.25) is 0 Å². The Morgan fingerprint density at radius 2 is 0.500 bits per heavy atom. The van der Waals surface area contributed by atoms with Gasteiger partial charge in [0.1, 0.15) is 49.4 Å². The van der Waals surface area contributed by atoms with Crippen LogP contribution in [0.1, 0.15) is 85.9 Å². The summed E-state index contributed by atoms with van der Waals surface area (Å²) in [5.41, 5.74) is 1.22. The maximum absolute atomic E-state index is 13.7. The van der Waals surface area contributed by atoms with Crippen molar-refractivity contribution in [1.82, 2.24) is 0 Å². The maximum Gasteiger partial charge on any atom is 0.336 e. The molecule has 1 aliphatic carbocycles. The van der Waals surface area contributed by atoms with Crippen LogP contribution in [0, 0.1) is 0 Å². The Kier molecular flexibility index (Phi) is 20.4. The van der Waals surface area contributed by atoms with E-state index in [1.807, 2.05) is 0 Å². The summed E-state index contributed by atoms with van der Waals surface area (Å²) >= 11 is 0. The third-order valence-corrected chi connectivity index (χ3v) is 11.7. The van der Waals surface area contributed by atoms with E-state index in [9.17, 15) is 39.6 Å². The molecule has 4 aromatic carbocycles. The van der Waals surface area contributed by atoms with Crippen molar-refractivity contribution < 1.29 is 96.4 Å². The van der Waals surface area contributed by atoms with Gasteiger partial charge in [-0.3, -0.25) is 0 Å². The predicted molar refractivity (Wildman–Crippen MR) is 253 cm³/mol. The van der Waals surface area contributed by atoms with E-state index in [0.29, 0.717) is 39.6 Å². The molecule has 72 heavy (non-hydrogen) atoms. The summed E-state index contributed by atoms with van der Waals surface area (Å²) in [5.74, 6) is -4.39. The molecule has 2 heterocycles. The van der Waals surface area contributed by atoms with Gasteiger partial charge in [0.25, 0.3) is 0 Å². The highest BCUT2D eigenvalue weighted by Gasteiger charge is 2.28. The molecular formula is C52H60O20. The summed E-state index contributed by atoms with van der Waals surface area (Å²) < 4.78 is 71.2. The molecule has 12 bridgehead atoms. The lowest BCUT2D eigenvalue weighted by molar-refractivity contribution is -0.00706. The molecule has 4 N–H and O–H groups in total. The minimum atomic E-state index is -1.33. The zero-order valence-electron chi connectivity index (χ0n) is 39.9. The lowest BCUT2D eigenvalue weighted by Gasteiger charge is -2.23. The van der Waals surface area contributed by atoms with Crippen molar-refractivity contribution in [1.29, 1.82) is 0 Å². The summed E-state index contributed by atoms with van der Waals surface area (Å²) in [5, 5.41) is 43.4. The average Bonchev–Trinajstić information content (AvgIpc) is 3.33. The van der Waals surface area contributed by atoms with Crippen LogP contribution in [0.4, 0.5) is 0 Å². The normalized spacial score (nSPS) is 17.7. The molecule has 20 nitrogen and oxygen atoms in total. The lowest BCUT2D eigenvalue weighted by Crippen LogP contribution is -2.17. The van der Waals surface area contributed by atoms with Crippen LogP contribution in [0.25, 0.3) is 0 Å². The maximum atomic E-state index is 13.7. The lowest BCUT2D eigenvalue weighted by atomic mass is 9.86. The van der Waals surface area contributed by atoms with Crippen molar-refractivity contribution in [2.45, 2.75) is 25.7 Å². The molecule has 4 aromatic rings. The number of rotatable bonds is 4. The van der Waals surface area contributed by atoms with Crippen LogP contribution < -0.4 is 18.9 Å². The van der Waals surface area contributed by atoms with Gasteiger partial charge in [0.2, 0.25) is 0 Å². The van der Waals surface area contributed by atoms with Crippen LogP contribution in [0.5, 0.6) is 23.0 Å². The molecule has 20 heteroatoms. The second-order valence-electron chi connectivity index (χ2n) is 16.7. The molecule has 3 aliphatic rings. The molecule has 0 amide bonds. The van der Waals surface area contributed by atoms with Crippen molar-refractivity contribution in [3.63, 3.8) is 0 Å². The van der Waals surface area contributed by atoms with Crippen molar-refractivity contribution >= 4 is 23.9 Å². The van der Waals surface area contributed by atoms with Gasteiger partial charge in [0.15, 0.2) is 0 Å². The molecule has 2 aliphatic heterocycles. The fourth-order valence-electron chi connectivity index (χ4n) is 8.58. The summed E-state index contributed by atoms with van der Waals surface area (Å²) in [6.45, 7) is 3.75. The van der Waals surface area contributed by atoms with E-state index in [1.165, 1.54) is 24.3 Å². The molecule has 0 aromatic heterocycles. The molecule has 0 saturated heterocycles. The Morgan fingerprint density at radius 3 is 0.722 bits per heavy atom. The number of hydrogen-bond donors (Lipinski definition) is 4. The zero-order chi connectivity index (χ0) is 50.7. The first kappa shape index (κ1) is 53.4. The number of ether oxygens (including phenoxy) is 12. The SMILES string of the molecule is O=C(O)c1cc2c3c(c1)Cc1cc4cc(c1C(=O)O)Cc1cc(C(=O)O)cc(c1OCCOCCOCCOCCOCCO3)Cc1cc(cc(c1C(=O)O)C2)OCCOCCOCCOCCOCCO4. The van der Waals surface area contributed by atoms with E-state index in [2.05, 4.69) is 0 Å². The smallest absolute Gasteiger partial charge is 0.336 e. The number of carboxylic acids is 4. The van der Waals surface area contributed by atoms with E-state index in [0.717, 1.165) is 0 Å². The molecule has 0 saturated carbocycles. The number of benzene rings is 4. The third-order valence-electron chi connectivity index (χ3n) is 11.7. The van der Waals surface area contributed by atoms with Crippen molar-refractivity contribution in [3.05, 3.63) is 115 Å². The topological polar surface area (TPSA) is 260 Å². The van der Waals surface area contributed by atoms with Gasteiger partial charge >= 0.3 is 23.9 Å². The molecule has 0 atom stereocenters. The second kappa shape index (κ2) is 27.5. The first-order chi connectivity index (χ1) is 35.0. The standard InChI is InChI=1S/C52H60O20/c53-49(54)41-25-37-21-33-29-43-30-34(45(33)51(57)58)22-38-26-42(50(55)56)28-40-24-36-32-44(70-18-14-66-10-6-62-2-1-61-5-9-65-13-17-69-43)31-35(46(36)52(59)60)23-39(27-41)47(37)71-19-15-67-11-7-63-3-4-64-8-12-68-16-20-72-48(38)40/h25-32H,1-24H2,(H,53,54)(H,55,56)(H,57,58)(H,59,60). The fraction of sp³-hybridized carbons (Fsp3) is 0.462. The number of aromatic carboxylic acids is 4. The first-order valence-electron chi connectivity index (χ1n) is 23.7. The summed E-state index contributed by atoms with van der Waals surface area (Å²) in [6, 6.07) is 11.8. The van der Waals surface area contributed by atoms with E-state index >= 15 is 0 Å². The zero-order valence-corrected chi connectivity index (χ0v) is 39.9. The summed E-state index contributed by atoms with van der Waals surface area (Å²) in [4.78, 5) is 53.3. The molecule has 7 rings (SSSR count). The highest BCUT2D eigenvalue weighted by Crippen LogP contribution is 2.39. The van der Waals surface area contributed by atoms with E-state index in [4.69, 9.17) is 56.8 Å². The Balaban J connectivity index is 1.49. The second-order valence-corrected chi connectivity index (χ2v) is 16.7. The third kappa shape index (κ3) is 15.3. The van der Waals surface area contributed by atoms with E-state index in [1.54, 1.807) is 24.3 Å². The highest BCUT2D eigenvalue weighted by molar-refractivity contribution is 5.94. The minimum absolute atomic E-state index is 0.0415. The van der Waals surface area contributed by atoms with Crippen molar-refractivity contribution in [2.75, 3.05) is 132 Å². The van der Waals surface area contributed by atoms with Gasteiger partial charge in [-0.15, -0.1) is 0 Å². The first-order valence-corrected chi connectivity index (χ1v) is 23.7. The van der Waals surface area contributed by atoms with Gasteiger partial charge in [0, 0.05) is 25.7 Å². The summed E-state index contributed by atoms with van der Waals surface area (Å²) in [6.07, 6.45) is -0.869. The van der Waals surface area contributed by atoms with Gasteiger partial charge in [-0.1, -0.05) is 0 Å². The Bertz CT molecular complexity index is 2240. The molecule has 0 spiro atoms. The van der Waals surface area contributed by atoms with Crippen LogP contribution in [-0.2, 0) is 63.6 Å². The Hall–Kier alpha value is -6.36. The quantitative estimate of drug-likeness (QED) is 0.188. The van der Waals surface area contributed by atoms with Gasteiger partial charge in [-0.05, 0) is 93.0 Å². The molecule has 0 unspecified atom stereocenters. The van der Waals surface area contributed by atoms with Gasteiger partial charge in [-0.2, -0.15) is 0 Å².